The molecule has 0 spiro atoms. The zero-order valence-corrected chi connectivity index (χ0v) is 12.2. The Balaban J connectivity index is -0.0000000535. The normalized spacial score (nSPS) is 9.29. The van der Waals surface area contributed by atoms with Crippen LogP contribution in [0, 0.1) is 6.92 Å². The molecule has 0 rings (SSSR count). The van der Waals surface area contributed by atoms with Gasteiger partial charge in [0.05, 0.1) is 0 Å². The van der Waals surface area contributed by atoms with E-state index in [-0.39, 0.29) is 21.1 Å². The van der Waals surface area contributed by atoms with Crippen LogP contribution >= 0.6 is 13.4 Å². The van der Waals surface area contributed by atoms with E-state index in [1.807, 2.05) is 0 Å². The molecule has 0 atom stereocenters. The third-order valence-corrected chi connectivity index (χ3v) is 0. The minimum atomic E-state index is -3.81. The van der Waals surface area contributed by atoms with Gasteiger partial charge in [-0.1, -0.05) is 0 Å². The Labute approximate surface area is 107 Å². The Hall–Kier alpha value is 1.36. The van der Waals surface area contributed by atoms with Crippen molar-refractivity contribution in [3.05, 3.63) is 19.6 Å². The van der Waals surface area contributed by atoms with Gasteiger partial charge in [0.15, 0.2) is 0 Å². The smallest absolute Gasteiger partial charge is 0.319 e. The molecule has 0 aromatic carbocycles. The van der Waals surface area contributed by atoms with E-state index in [1.165, 1.54) is 6.08 Å². The minimum Gasteiger partial charge on any atom is -0.325 e. The summed E-state index contributed by atoms with van der Waals surface area (Å²) in [6, 6.07) is 0. The molecular weight excluding hydrogens is 354 g/mol. The van der Waals surface area contributed by atoms with Crippen LogP contribution in [0.1, 0.15) is 0 Å². The van der Waals surface area contributed by atoms with Crippen molar-refractivity contribution in [3.63, 3.8) is 0 Å². The van der Waals surface area contributed by atoms with E-state index in [9.17, 15) is 0 Å². The Bertz CT molecular complexity index is 175. The average Bonchev–Trinajstić information content (AvgIpc) is 1.52. The fourth-order valence-electron chi connectivity index (χ4n) is 0. The molecule has 0 aliphatic rings. The molecule has 0 amide bonds. The van der Waals surface area contributed by atoms with Gasteiger partial charge in [-0.25, -0.2) is 19.6 Å². The van der Waals surface area contributed by atoms with Crippen molar-refractivity contribution < 1.29 is 50.4 Å². The molecule has 0 saturated carbocycles. The van der Waals surface area contributed by atoms with Crippen LogP contribution in [0.3, 0.4) is 0 Å². The van der Waals surface area contributed by atoms with Gasteiger partial charge >= 0.3 is 13.4 Å². The van der Waals surface area contributed by atoms with Crippen molar-refractivity contribution in [2.45, 2.75) is 0 Å². The summed E-state index contributed by atoms with van der Waals surface area (Å²) in [5.74, 6) is 0. The maximum Gasteiger partial charge on any atom is 0.319 e. The molecule has 0 aliphatic heterocycles. The summed E-state index contributed by atoms with van der Waals surface area (Å²) in [6.45, 7) is -1.11. The van der Waals surface area contributed by atoms with Gasteiger partial charge < -0.3 is 29.4 Å². The largest absolute Gasteiger partial charge is 0.325 e. The topological polar surface area (TPSA) is 121 Å². The van der Waals surface area contributed by atoms with Crippen molar-refractivity contribution in [1.82, 2.24) is 0 Å². The fraction of sp³-hybridized carbons (Fsp3) is 0. The molecule has 0 aliphatic carbocycles. The molecule has 6 nitrogen and oxygen atoms in total. The van der Waals surface area contributed by atoms with Crippen molar-refractivity contribution in [3.8, 4) is 0 Å². The Morgan fingerprint density at radius 2 is 0.929 bits per heavy atom. The fourth-order valence-corrected chi connectivity index (χ4v) is 0. The third kappa shape index (κ3) is 1110. The van der Waals surface area contributed by atoms with Gasteiger partial charge in [-0.3, -0.25) is 0 Å². The first-order valence-corrected chi connectivity index (χ1v) is 7.70. The Morgan fingerprint density at radius 3 is 0.929 bits per heavy atom. The summed E-state index contributed by atoms with van der Waals surface area (Å²) < 4.78 is 0. The van der Waals surface area contributed by atoms with Crippen molar-refractivity contribution in [1.29, 1.82) is 0 Å². The van der Waals surface area contributed by atoms with E-state index in [4.69, 9.17) is 29.4 Å². The van der Waals surface area contributed by atoms with Gasteiger partial charge in [0.25, 0.3) is 0 Å². The van der Waals surface area contributed by atoms with Gasteiger partial charge in [0.2, 0.25) is 0 Å². The van der Waals surface area contributed by atoms with Gasteiger partial charge in [0, 0.05) is 21.1 Å². The zero-order chi connectivity index (χ0) is 11.7. The van der Waals surface area contributed by atoms with Crippen LogP contribution in [0.5, 0.6) is 0 Å². The number of rotatable bonds is 0. The summed E-state index contributed by atoms with van der Waals surface area (Å²) in [5.41, 5.74) is 0. The van der Waals surface area contributed by atoms with Gasteiger partial charge in [-0.05, 0) is 23.6 Å². The number of hydrogen-bond donors (Lipinski definition) is 6. The van der Waals surface area contributed by atoms with E-state index in [0.717, 1.165) is 0 Å². The molecule has 14 heavy (non-hydrogen) atoms. The van der Waals surface area contributed by atoms with Crippen molar-refractivity contribution in [2.75, 3.05) is 0 Å². The first-order chi connectivity index (χ1) is 5.41. The molecule has 11 heteroatoms. The molecule has 0 saturated heterocycles. The molecule has 0 heterocycles. The molecule has 0 fully saturated rings. The van der Waals surface area contributed by atoms with E-state index in [0.29, 0.717) is 0 Å². The molecule has 0 unspecified atom stereocenters. The van der Waals surface area contributed by atoms with Crippen LogP contribution in [0.2, 0.25) is 0 Å². The summed E-state index contributed by atoms with van der Waals surface area (Å²) in [6.07, 6.45) is 1.50. The predicted octanol–water partition coefficient (Wildman–Crippen LogP) is -0.620. The van der Waals surface area contributed by atoms with Crippen LogP contribution in [-0.2, 0) is 44.7 Å². The standard InChI is InChI=1S/C3H5.Mo.2H3O3PS/c1-3-2;;2*1-4(2,3)5/h3H,1-2H2;;2*(H3,1,2,3,5)/q-1;;;. The van der Waals surface area contributed by atoms with Crippen molar-refractivity contribution in [2.24, 2.45) is 0 Å². The summed E-state index contributed by atoms with van der Waals surface area (Å²) in [7, 11) is 0. The second-order valence-corrected chi connectivity index (χ2v) is 6.31. The first kappa shape index (κ1) is 24.5. The maximum atomic E-state index is 7.56. The monoisotopic (exact) mass is 367 g/mol. The van der Waals surface area contributed by atoms with Crippen LogP contribution in [0.4, 0.5) is 0 Å². The molecule has 0 aromatic rings. The van der Waals surface area contributed by atoms with Crippen LogP contribution in [0.15, 0.2) is 12.7 Å². The molecule has 0 aromatic heterocycles. The predicted molar refractivity (Wildman–Crippen MR) is 57.4 cm³/mol. The van der Waals surface area contributed by atoms with Gasteiger partial charge in [-0.2, -0.15) is 0 Å². The molecule has 6 N–H and O–H groups in total. The maximum absolute atomic E-state index is 7.56. The molecule has 0 bridgehead atoms. The zero-order valence-electron chi connectivity index (χ0n) is 6.79. The van der Waals surface area contributed by atoms with Gasteiger partial charge in [-0.15, -0.1) is 0 Å². The Kier molecular flexibility index (Phi) is 21.8. The van der Waals surface area contributed by atoms with E-state index >= 15 is 0 Å². The molecule has 0 radical (unpaired) electrons. The van der Waals surface area contributed by atoms with Crippen LogP contribution in [0.25, 0.3) is 0 Å². The quantitative estimate of drug-likeness (QED) is 0.191. The summed E-state index contributed by atoms with van der Waals surface area (Å²) in [5, 5.41) is 0. The van der Waals surface area contributed by atoms with E-state index in [1.54, 1.807) is 0 Å². The van der Waals surface area contributed by atoms with E-state index < -0.39 is 13.4 Å². The van der Waals surface area contributed by atoms with Crippen molar-refractivity contribution >= 4 is 37.1 Å². The SMILES string of the molecule is C=C[CH2-].OP(O)(O)=S.OP(O)(O)=S.[Mo]. The second kappa shape index (κ2) is 12.4. The van der Waals surface area contributed by atoms with Crippen LogP contribution < -0.4 is 0 Å². The minimum absolute atomic E-state index is 0. The molecule has 88 valence electrons. The molecular formula is C3H11MoO6P2S2-. The summed E-state index contributed by atoms with van der Waals surface area (Å²) >= 11 is 7.21. The average molecular weight is 365 g/mol. The summed E-state index contributed by atoms with van der Waals surface area (Å²) in [4.78, 5) is 45.3. The Morgan fingerprint density at radius 1 is 0.929 bits per heavy atom. The third-order valence-electron chi connectivity index (χ3n) is 0. The first-order valence-electron chi connectivity index (χ1n) is 2.38. The number of hydrogen-bond acceptors (Lipinski definition) is 2. The van der Waals surface area contributed by atoms with E-state index in [2.05, 4.69) is 37.1 Å². The second-order valence-electron chi connectivity index (χ2n) is 1.32. The van der Waals surface area contributed by atoms with Gasteiger partial charge in [0.1, 0.15) is 0 Å². The van der Waals surface area contributed by atoms with Crippen LogP contribution in [-0.4, -0.2) is 29.4 Å². The number of allylic oxidation sites excluding steroid dienone is 1.